The van der Waals surface area contributed by atoms with Crippen molar-refractivity contribution in [3.63, 3.8) is 0 Å². The fourth-order valence-corrected chi connectivity index (χ4v) is 5.50. The van der Waals surface area contributed by atoms with E-state index in [4.69, 9.17) is 24.7 Å². The molecule has 0 saturated carbocycles. The zero-order valence-electron chi connectivity index (χ0n) is 25.3. The molecule has 2 heterocycles. The maximum Gasteiger partial charge on any atom is 0.355 e. The normalized spacial score (nSPS) is 11.0. The summed E-state index contributed by atoms with van der Waals surface area (Å²) in [6.07, 6.45) is 0. The molecule has 45 heavy (non-hydrogen) atoms. The lowest BCUT2D eigenvalue weighted by atomic mass is 9.94. The van der Waals surface area contributed by atoms with Crippen molar-refractivity contribution in [1.82, 2.24) is 9.55 Å². The standard InChI is InChI=1S/C36H31N3O6/c1-21-31(42-2)17-23(18-32(21)43-3)33-28-16-15-27(45-20-25-12-9-22-7-5-6-8-30(22)38-25)19-29(28)35(40)39(34(33)36(41)44-4)26-13-10-24(37)11-14-26/h5-19H,20,37H2,1-4H3. The van der Waals surface area contributed by atoms with Gasteiger partial charge in [-0.3, -0.25) is 9.36 Å². The number of nitrogen functional groups attached to an aromatic ring is 1. The van der Waals surface area contributed by atoms with Crippen LogP contribution in [0.1, 0.15) is 21.7 Å². The Kier molecular flexibility index (Phi) is 7.83. The number of rotatable bonds is 8. The summed E-state index contributed by atoms with van der Waals surface area (Å²) in [6, 6.07) is 27.3. The predicted octanol–water partition coefficient (Wildman–Crippen LogP) is 6.48. The van der Waals surface area contributed by atoms with Gasteiger partial charge in [0.25, 0.3) is 5.56 Å². The van der Waals surface area contributed by atoms with Gasteiger partial charge in [0.2, 0.25) is 0 Å². The molecule has 0 atom stereocenters. The molecular formula is C36H31N3O6. The third-order valence-electron chi connectivity index (χ3n) is 7.77. The molecule has 4 aromatic carbocycles. The van der Waals surface area contributed by atoms with Gasteiger partial charge < -0.3 is 24.7 Å². The largest absolute Gasteiger partial charge is 0.496 e. The number of hydrogen-bond donors (Lipinski definition) is 1. The number of benzene rings is 4. The summed E-state index contributed by atoms with van der Waals surface area (Å²) in [7, 11) is 4.41. The fraction of sp³-hybridized carbons (Fsp3) is 0.139. The highest BCUT2D eigenvalue weighted by Gasteiger charge is 2.26. The fourth-order valence-electron chi connectivity index (χ4n) is 5.50. The molecule has 0 amide bonds. The van der Waals surface area contributed by atoms with Gasteiger partial charge in [0.1, 0.15) is 29.5 Å². The summed E-state index contributed by atoms with van der Waals surface area (Å²) >= 11 is 0. The summed E-state index contributed by atoms with van der Waals surface area (Å²) in [6.45, 7) is 2.08. The van der Waals surface area contributed by atoms with Gasteiger partial charge in [-0.1, -0.05) is 24.3 Å². The van der Waals surface area contributed by atoms with Gasteiger partial charge in [0.05, 0.1) is 37.9 Å². The second kappa shape index (κ2) is 12.0. The van der Waals surface area contributed by atoms with Crippen LogP contribution in [0.3, 0.4) is 0 Å². The molecule has 0 radical (unpaired) electrons. The average Bonchev–Trinajstić information content (AvgIpc) is 3.07. The number of nitrogens with zero attached hydrogens (tertiary/aromatic N) is 2. The molecule has 2 aromatic heterocycles. The Hall–Kier alpha value is -5.83. The monoisotopic (exact) mass is 601 g/mol. The second-order valence-corrected chi connectivity index (χ2v) is 10.4. The number of methoxy groups -OCH3 is 3. The van der Waals surface area contributed by atoms with Gasteiger partial charge in [-0.05, 0) is 84.6 Å². The first-order valence-electron chi connectivity index (χ1n) is 14.2. The lowest BCUT2D eigenvalue weighted by Gasteiger charge is -2.21. The molecule has 0 fully saturated rings. The Bertz CT molecular complexity index is 2110. The van der Waals surface area contributed by atoms with Gasteiger partial charge >= 0.3 is 5.97 Å². The Labute approximate surface area is 259 Å². The molecule has 9 heteroatoms. The van der Waals surface area contributed by atoms with E-state index in [2.05, 4.69) is 4.98 Å². The summed E-state index contributed by atoms with van der Waals surface area (Å²) in [5, 5.41) is 1.89. The third kappa shape index (κ3) is 5.40. The smallest absolute Gasteiger partial charge is 0.355 e. The molecule has 0 bridgehead atoms. The Morgan fingerprint density at radius 3 is 2.24 bits per heavy atom. The Balaban J connectivity index is 1.58. The summed E-state index contributed by atoms with van der Waals surface area (Å²) in [5.41, 5.74) is 9.99. The van der Waals surface area contributed by atoms with Crippen molar-refractivity contribution in [2.24, 2.45) is 0 Å². The van der Waals surface area contributed by atoms with E-state index in [1.807, 2.05) is 55.5 Å². The molecule has 0 unspecified atom stereocenters. The maximum absolute atomic E-state index is 14.3. The number of pyridine rings is 2. The number of fused-ring (bicyclic) bond motifs is 2. The Morgan fingerprint density at radius 1 is 0.844 bits per heavy atom. The van der Waals surface area contributed by atoms with Crippen LogP contribution in [0.2, 0.25) is 0 Å². The second-order valence-electron chi connectivity index (χ2n) is 10.4. The van der Waals surface area contributed by atoms with E-state index in [1.165, 1.54) is 11.7 Å². The average molecular weight is 602 g/mol. The molecule has 9 nitrogen and oxygen atoms in total. The minimum Gasteiger partial charge on any atom is -0.496 e. The van der Waals surface area contributed by atoms with E-state index in [9.17, 15) is 9.59 Å². The topological polar surface area (TPSA) is 115 Å². The molecule has 0 spiro atoms. The number of anilines is 1. The lowest BCUT2D eigenvalue weighted by Crippen LogP contribution is -2.27. The predicted molar refractivity (Wildman–Crippen MR) is 175 cm³/mol. The molecule has 0 aliphatic heterocycles. The number of carbonyl (C=O) groups excluding carboxylic acids is 1. The van der Waals surface area contributed by atoms with Crippen LogP contribution in [-0.2, 0) is 11.3 Å². The highest BCUT2D eigenvalue weighted by molar-refractivity contribution is 6.07. The zero-order valence-corrected chi connectivity index (χ0v) is 25.3. The van der Waals surface area contributed by atoms with Crippen LogP contribution in [0.25, 0.3) is 38.5 Å². The molecule has 2 N–H and O–H groups in total. The minimum atomic E-state index is -0.693. The molecule has 0 saturated heterocycles. The molecule has 6 rings (SSSR count). The van der Waals surface area contributed by atoms with Crippen LogP contribution in [0.4, 0.5) is 5.69 Å². The summed E-state index contributed by atoms with van der Waals surface area (Å²) < 4.78 is 24.0. The van der Waals surface area contributed by atoms with Crippen LogP contribution >= 0.6 is 0 Å². The zero-order chi connectivity index (χ0) is 31.7. The first kappa shape index (κ1) is 29.3. The van der Waals surface area contributed by atoms with Crippen LogP contribution in [0.5, 0.6) is 17.2 Å². The van der Waals surface area contributed by atoms with E-state index in [0.717, 1.165) is 22.2 Å². The van der Waals surface area contributed by atoms with Gasteiger partial charge in [-0.2, -0.15) is 0 Å². The number of para-hydroxylation sites is 1. The number of hydrogen-bond acceptors (Lipinski definition) is 8. The van der Waals surface area contributed by atoms with Crippen molar-refractivity contribution in [1.29, 1.82) is 0 Å². The van der Waals surface area contributed by atoms with Crippen LogP contribution in [-0.4, -0.2) is 36.8 Å². The first-order valence-corrected chi connectivity index (χ1v) is 14.2. The third-order valence-corrected chi connectivity index (χ3v) is 7.77. The minimum absolute atomic E-state index is 0.0433. The molecule has 0 aliphatic rings. The SMILES string of the molecule is COC(=O)c1c(-c2cc(OC)c(C)c(OC)c2)c2ccc(OCc3ccc4ccccc4n3)cc2c(=O)n1-c1ccc(N)cc1. The number of esters is 1. The number of aromatic nitrogens is 2. The van der Waals surface area contributed by atoms with E-state index in [1.54, 1.807) is 56.7 Å². The van der Waals surface area contributed by atoms with Crippen molar-refractivity contribution in [3.8, 4) is 34.1 Å². The molecule has 226 valence electrons. The highest BCUT2D eigenvalue weighted by atomic mass is 16.5. The van der Waals surface area contributed by atoms with Gasteiger partial charge in [-0.15, -0.1) is 0 Å². The van der Waals surface area contributed by atoms with Crippen LogP contribution in [0, 0.1) is 6.92 Å². The van der Waals surface area contributed by atoms with E-state index >= 15 is 0 Å². The van der Waals surface area contributed by atoms with Crippen molar-refractivity contribution >= 4 is 33.3 Å². The van der Waals surface area contributed by atoms with Gasteiger partial charge in [0, 0.05) is 27.9 Å². The molecule has 0 aliphatic carbocycles. The van der Waals surface area contributed by atoms with Crippen molar-refractivity contribution in [3.05, 3.63) is 118 Å². The highest BCUT2D eigenvalue weighted by Crippen LogP contribution is 2.40. The quantitative estimate of drug-likeness (QED) is 0.156. The first-order chi connectivity index (χ1) is 21.8. The van der Waals surface area contributed by atoms with Crippen molar-refractivity contribution in [2.45, 2.75) is 13.5 Å². The molecule has 6 aromatic rings. The number of carbonyl (C=O) groups is 1. The lowest BCUT2D eigenvalue weighted by molar-refractivity contribution is 0.0591. The van der Waals surface area contributed by atoms with Crippen molar-refractivity contribution in [2.75, 3.05) is 27.1 Å². The summed E-state index contributed by atoms with van der Waals surface area (Å²) in [5.74, 6) is 0.888. The van der Waals surface area contributed by atoms with E-state index in [0.29, 0.717) is 50.5 Å². The van der Waals surface area contributed by atoms with Crippen LogP contribution < -0.4 is 25.5 Å². The maximum atomic E-state index is 14.3. The number of ether oxygens (including phenoxy) is 4. The number of nitrogens with two attached hydrogens (primary N) is 1. The van der Waals surface area contributed by atoms with E-state index in [-0.39, 0.29) is 12.3 Å². The van der Waals surface area contributed by atoms with Gasteiger partial charge in [-0.25, -0.2) is 9.78 Å². The Morgan fingerprint density at radius 2 is 1.56 bits per heavy atom. The molecular weight excluding hydrogens is 570 g/mol. The van der Waals surface area contributed by atoms with Crippen LogP contribution in [0.15, 0.2) is 95.8 Å². The summed E-state index contributed by atoms with van der Waals surface area (Å²) in [4.78, 5) is 32.6. The van der Waals surface area contributed by atoms with Gasteiger partial charge in [0.15, 0.2) is 0 Å². The van der Waals surface area contributed by atoms with E-state index < -0.39 is 11.5 Å². The van der Waals surface area contributed by atoms with Crippen molar-refractivity contribution < 1.29 is 23.7 Å².